The summed E-state index contributed by atoms with van der Waals surface area (Å²) in [5.41, 5.74) is 0.678. The van der Waals surface area contributed by atoms with Crippen LogP contribution in [0, 0.1) is 0 Å². The Kier molecular flexibility index (Phi) is 5.92. The average Bonchev–Trinajstić information content (AvgIpc) is 2.71. The van der Waals surface area contributed by atoms with Gasteiger partial charge in [-0.2, -0.15) is 0 Å². The van der Waals surface area contributed by atoms with Gasteiger partial charge in [0.05, 0.1) is 18.0 Å². The summed E-state index contributed by atoms with van der Waals surface area (Å²) in [6.07, 6.45) is -0.773. The molecule has 8 heteroatoms. The number of benzene rings is 2. The summed E-state index contributed by atoms with van der Waals surface area (Å²) in [6.45, 7) is 2.67. The van der Waals surface area contributed by atoms with Gasteiger partial charge in [0.25, 0.3) is 5.56 Å². The molecule has 3 aromatic rings. The highest BCUT2D eigenvalue weighted by molar-refractivity contribution is 5.94. The van der Waals surface area contributed by atoms with Crippen molar-refractivity contribution in [3.63, 3.8) is 0 Å². The summed E-state index contributed by atoms with van der Waals surface area (Å²) in [6, 6.07) is 11.6. The minimum Gasteiger partial charge on any atom is -0.493 e. The van der Waals surface area contributed by atoms with Crippen molar-refractivity contribution in [3.05, 3.63) is 64.2 Å². The van der Waals surface area contributed by atoms with Gasteiger partial charge in [-0.1, -0.05) is 12.1 Å². The topological polar surface area (TPSA) is 108 Å². The highest BCUT2D eigenvalue weighted by atomic mass is 16.6. The van der Waals surface area contributed by atoms with Crippen LogP contribution in [0.25, 0.3) is 10.9 Å². The predicted molar refractivity (Wildman–Crippen MR) is 105 cm³/mol. The lowest BCUT2D eigenvalue weighted by Gasteiger charge is -2.14. The number of aromatic amines is 1. The van der Waals surface area contributed by atoms with E-state index in [0.29, 0.717) is 28.0 Å². The molecular weight excluding hydrogens is 376 g/mol. The smallest absolute Gasteiger partial charge is 0.344 e. The summed E-state index contributed by atoms with van der Waals surface area (Å²) in [5.74, 6) is 0.120. The molecular formula is C21H20N2O6. The molecule has 1 unspecified atom stereocenters. The first-order chi connectivity index (χ1) is 13.9. The summed E-state index contributed by atoms with van der Waals surface area (Å²) in [4.78, 5) is 42.7. The first-order valence-electron chi connectivity index (χ1n) is 8.89. The monoisotopic (exact) mass is 396 g/mol. The number of H-pyrrole nitrogens is 1. The minimum absolute atomic E-state index is 0.111. The second kappa shape index (κ2) is 8.55. The molecule has 29 heavy (non-hydrogen) atoms. The third-order valence-electron chi connectivity index (χ3n) is 4.24. The Morgan fingerprint density at radius 1 is 1.14 bits per heavy atom. The molecule has 3 rings (SSSR count). The molecule has 0 saturated carbocycles. The Balaban J connectivity index is 1.67. The zero-order valence-electron chi connectivity index (χ0n) is 16.2. The highest BCUT2D eigenvalue weighted by Gasteiger charge is 2.17. The molecule has 0 radical (unpaired) electrons. The van der Waals surface area contributed by atoms with E-state index in [4.69, 9.17) is 14.2 Å². The van der Waals surface area contributed by atoms with Crippen LogP contribution in [-0.2, 0) is 9.53 Å². The van der Waals surface area contributed by atoms with Gasteiger partial charge in [-0.3, -0.25) is 9.59 Å². The maximum absolute atomic E-state index is 12.2. The van der Waals surface area contributed by atoms with E-state index in [0.717, 1.165) is 0 Å². The van der Waals surface area contributed by atoms with E-state index in [1.54, 1.807) is 43.3 Å². The second-order valence-electron chi connectivity index (χ2n) is 6.31. The van der Waals surface area contributed by atoms with Gasteiger partial charge in [-0.25, -0.2) is 9.78 Å². The number of carbonyl (C=O) groups excluding carboxylic acids is 2. The van der Waals surface area contributed by atoms with Gasteiger partial charge in [0.2, 0.25) is 0 Å². The van der Waals surface area contributed by atoms with E-state index in [9.17, 15) is 14.4 Å². The van der Waals surface area contributed by atoms with Crippen LogP contribution in [0.15, 0.2) is 47.3 Å². The van der Waals surface area contributed by atoms with Crippen molar-refractivity contribution in [2.75, 3.05) is 13.7 Å². The van der Waals surface area contributed by atoms with Crippen molar-refractivity contribution in [1.82, 2.24) is 9.97 Å². The number of nitrogens with zero attached hydrogens (tertiary/aromatic N) is 1. The molecule has 0 amide bonds. The number of nitrogens with one attached hydrogen (secondary N) is 1. The quantitative estimate of drug-likeness (QED) is 0.483. The first-order valence-corrected chi connectivity index (χ1v) is 8.89. The number of fused-ring (bicyclic) bond motifs is 1. The molecule has 1 N–H and O–H groups in total. The van der Waals surface area contributed by atoms with Crippen molar-refractivity contribution < 1.29 is 23.8 Å². The van der Waals surface area contributed by atoms with Crippen LogP contribution in [0.2, 0.25) is 0 Å². The second-order valence-corrected chi connectivity index (χ2v) is 6.31. The molecule has 0 fully saturated rings. The van der Waals surface area contributed by atoms with Gasteiger partial charge in [-0.15, -0.1) is 0 Å². The van der Waals surface area contributed by atoms with Crippen LogP contribution in [-0.4, -0.2) is 35.4 Å². The number of ketones is 1. The SMILES string of the molecule is COc1cc(C(C)=O)ccc1OCC(=O)OC(C)c1nc2ccccc2c(=O)[nH]1. The number of hydrogen-bond acceptors (Lipinski definition) is 7. The number of methoxy groups -OCH3 is 1. The Bertz CT molecular complexity index is 1120. The van der Waals surface area contributed by atoms with Crippen molar-refractivity contribution in [3.8, 4) is 11.5 Å². The van der Waals surface area contributed by atoms with Gasteiger partial charge < -0.3 is 19.2 Å². The van der Waals surface area contributed by atoms with Crippen molar-refractivity contribution in [2.45, 2.75) is 20.0 Å². The van der Waals surface area contributed by atoms with Gasteiger partial charge in [0.1, 0.15) is 0 Å². The fourth-order valence-electron chi connectivity index (χ4n) is 2.73. The Morgan fingerprint density at radius 2 is 1.90 bits per heavy atom. The first kappa shape index (κ1) is 20.1. The fraction of sp³-hybridized carbons (Fsp3) is 0.238. The zero-order valence-corrected chi connectivity index (χ0v) is 16.2. The lowest BCUT2D eigenvalue weighted by molar-refractivity contribution is -0.151. The van der Waals surface area contributed by atoms with E-state index in [2.05, 4.69) is 9.97 Å². The third-order valence-corrected chi connectivity index (χ3v) is 4.24. The Hall–Kier alpha value is -3.68. The molecule has 0 saturated heterocycles. The predicted octanol–water partition coefficient (Wildman–Crippen LogP) is 2.82. The maximum Gasteiger partial charge on any atom is 0.344 e. The number of esters is 1. The molecule has 0 aliphatic carbocycles. The van der Waals surface area contributed by atoms with Crippen LogP contribution in [0.1, 0.15) is 36.1 Å². The van der Waals surface area contributed by atoms with Crippen LogP contribution in [0.5, 0.6) is 11.5 Å². The van der Waals surface area contributed by atoms with Gasteiger partial charge in [0.15, 0.2) is 35.8 Å². The summed E-state index contributed by atoms with van der Waals surface area (Å²) in [7, 11) is 1.44. The van der Waals surface area contributed by atoms with E-state index in [1.165, 1.54) is 20.1 Å². The normalized spacial score (nSPS) is 11.7. The largest absolute Gasteiger partial charge is 0.493 e. The van der Waals surface area contributed by atoms with Crippen LogP contribution in [0.4, 0.5) is 0 Å². The molecule has 2 aromatic carbocycles. The minimum atomic E-state index is -0.773. The Morgan fingerprint density at radius 3 is 2.62 bits per heavy atom. The third kappa shape index (κ3) is 4.60. The standard InChI is InChI=1S/C21H20N2O6/c1-12(24)14-8-9-17(18(10-14)27-3)28-11-19(25)29-13(2)20-22-16-7-5-4-6-15(16)21(26)23-20/h4-10,13H,11H2,1-3H3,(H,22,23,26). The van der Waals surface area contributed by atoms with Crippen LogP contribution < -0.4 is 15.0 Å². The zero-order chi connectivity index (χ0) is 21.0. The molecule has 0 aliphatic heterocycles. The van der Waals surface area contributed by atoms with Crippen molar-refractivity contribution >= 4 is 22.7 Å². The van der Waals surface area contributed by atoms with E-state index < -0.39 is 12.1 Å². The van der Waals surface area contributed by atoms with E-state index in [1.807, 2.05) is 0 Å². The molecule has 150 valence electrons. The molecule has 0 bridgehead atoms. The average molecular weight is 396 g/mol. The van der Waals surface area contributed by atoms with Crippen molar-refractivity contribution in [2.24, 2.45) is 0 Å². The van der Waals surface area contributed by atoms with Crippen LogP contribution >= 0.6 is 0 Å². The molecule has 0 aliphatic rings. The van der Waals surface area contributed by atoms with Crippen molar-refractivity contribution in [1.29, 1.82) is 0 Å². The number of aromatic nitrogens is 2. The summed E-state index contributed by atoms with van der Waals surface area (Å²) in [5, 5.41) is 0.458. The number of carbonyl (C=O) groups is 2. The van der Waals surface area contributed by atoms with Crippen LogP contribution in [0.3, 0.4) is 0 Å². The highest BCUT2D eigenvalue weighted by Crippen LogP contribution is 2.28. The molecule has 1 atom stereocenters. The Labute approximate surface area is 166 Å². The van der Waals surface area contributed by atoms with Gasteiger partial charge in [-0.05, 0) is 44.2 Å². The van der Waals surface area contributed by atoms with E-state index >= 15 is 0 Å². The molecule has 0 spiro atoms. The number of ether oxygens (including phenoxy) is 3. The lowest BCUT2D eigenvalue weighted by Crippen LogP contribution is -2.20. The molecule has 8 nitrogen and oxygen atoms in total. The van der Waals surface area contributed by atoms with Gasteiger partial charge in [0, 0.05) is 5.56 Å². The fourth-order valence-corrected chi connectivity index (χ4v) is 2.73. The number of rotatable bonds is 7. The summed E-state index contributed by atoms with van der Waals surface area (Å²) >= 11 is 0. The van der Waals surface area contributed by atoms with Gasteiger partial charge >= 0.3 is 5.97 Å². The summed E-state index contributed by atoms with van der Waals surface area (Å²) < 4.78 is 16.0. The molecule has 1 heterocycles. The lowest BCUT2D eigenvalue weighted by atomic mass is 10.1. The number of hydrogen-bond donors (Lipinski definition) is 1. The maximum atomic E-state index is 12.2. The number of Topliss-reactive ketones (excluding diaryl/α,β-unsaturated/α-hetero) is 1. The molecule has 1 aromatic heterocycles. The number of para-hydroxylation sites is 1. The van der Waals surface area contributed by atoms with E-state index in [-0.39, 0.29) is 23.8 Å².